The predicted molar refractivity (Wildman–Crippen MR) is 51.6 cm³/mol. The summed E-state index contributed by atoms with van der Waals surface area (Å²) in [6.07, 6.45) is 5.46. The van der Waals surface area contributed by atoms with Crippen molar-refractivity contribution in [1.82, 2.24) is 20.0 Å². The van der Waals surface area contributed by atoms with Crippen molar-refractivity contribution in [2.24, 2.45) is 0 Å². The van der Waals surface area contributed by atoms with Gasteiger partial charge < -0.3 is 10.2 Å². The average Bonchev–Trinajstić information content (AvgIpc) is 2.84. The van der Waals surface area contributed by atoms with E-state index in [1.165, 1.54) is 16.9 Å². The van der Waals surface area contributed by atoms with Gasteiger partial charge in [0.1, 0.15) is 12.8 Å². The van der Waals surface area contributed by atoms with Crippen LogP contribution in [0.2, 0.25) is 0 Å². The Morgan fingerprint density at radius 3 is 3.00 bits per heavy atom. The molecule has 6 nitrogen and oxygen atoms in total. The maximum atomic E-state index is 5.45. The minimum absolute atomic E-state index is 0.401. The Morgan fingerprint density at radius 1 is 1.47 bits per heavy atom. The number of nitrogen functional groups attached to an aromatic ring is 1. The molecule has 6 heteroatoms. The third-order valence-electron chi connectivity index (χ3n) is 2.24. The molecule has 0 unspecified atom stereocenters. The molecule has 2 heterocycles. The summed E-state index contributed by atoms with van der Waals surface area (Å²) in [6.45, 7) is 0.421. The van der Waals surface area contributed by atoms with Crippen molar-refractivity contribution in [2.75, 3.05) is 5.73 Å². The van der Waals surface area contributed by atoms with Crippen LogP contribution in [-0.4, -0.2) is 20.0 Å². The van der Waals surface area contributed by atoms with Gasteiger partial charge in [-0.15, -0.1) is 5.10 Å². The van der Waals surface area contributed by atoms with Crippen molar-refractivity contribution < 1.29 is 4.42 Å². The van der Waals surface area contributed by atoms with E-state index in [1.807, 2.05) is 0 Å². The highest BCUT2D eigenvalue weighted by Gasteiger charge is 2.27. The maximum absolute atomic E-state index is 5.45. The van der Waals surface area contributed by atoms with Gasteiger partial charge in [-0.2, -0.15) is 9.90 Å². The summed E-state index contributed by atoms with van der Waals surface area (Å²) in [5.41, 5.74) is 6.41. The van der Waals surface area contributed by atoms with Crippen LogP contribution in [0.5, 0.6) is 0 Å². The van der Waals surface area contributed by atoms with Gasteiger partial charge in [0.25, 0.3) is 0 Å². The lowest BCUT2D eigenvalue weighted by Crippen LogP contribution is -2.04. The third-order valence-corrected chi connectivity index (χ3v) is 2.24. The van der Waals surface area contributed by atoms with E-state index in [0.29, 0.717) is 18.3 Å². The third kappa shape index (κ3) is 1.70. The molecule has 0 aromatic carbocycles. The molecule has 2 N–H and O–H groups in total. The molecule has 1 fully saturated rings. The number of oxazole rings is 1. The van der Waals surface area contributed by atoms with Gasteiger partial charge in [-0.3, -0.25) is 0 Å². The van der Waals surface area contributed by atoms with Crippen LogP contribution in [0, 0.1) is 5.92 Å². The Hall–Kier alpha value is -1.85. The highest BCUT2D eigenvalue weighted by atomic mass is 16.3. The maximum Gasteiger partial charge on any atom is 0.217 e. The summed E-state index contributed by atoms with van der Waals surface area (Å²) >= 11 is 0. The Kier molecular flexibility index (Phi) is 1.74. The molecule has 1 aliphatic rings. The molecule has 2 aromatic heterocycles. The standard InChI is InChI=1S/C9H10N5O/c10-8-3-11-14(13-8)4-9-12-7(5-15-9)6-1-2-6/h3,5H,1-2,4H2,(H2,10,13). The van der Waals surface area contributed by atoms with Crippen LogP contribution in [0.4, 0.5) is 5.82 Å². The number of aromatic nitrogens is 4. The summed E-state index contributed by atoms with van der Waals surface area (Å²) in [4.78, 5) is 5.79. The molecule has 77 valence electrons. The van der Waals surface area contributed by atoms with Gasteiger partial charge in [-0.1, -0.05) is 0 Å². The first-order valence-corrected chi connectivity index (χ1v) is 4.76. The van der Waals surface area contributed by atoms with E-state index in [-0.39, 0.29) is 0 Å². The van der Waals surface area contributed by atoms with Crippen molar-refractivity contribution >= 4 is 5.82 Å². The quantitative estimate of drug-likeness (QED) is 0.792. The monoisotopic (exact) mass is 204 g/mol. The summed E-state index contributed by atoms with van der Waals surface area (Å²) in [5.74, 6) is 2.37. The minimum Gasteiger partial charge on any atom is -0.447 e. The number of anilines is 1. The largest absolute Gasteiger partial charge is 0.447 e. The van der Waals surface area contributed by atoms with Crippen LogP contribution in [0.15, 0.2) is 16.9 Å². The fourth-order valence-corrected chi connectivity index (χ4v) is 1.37. The Morgan fingerprint density at radius 2 is 2.33 bits per heavy atom. The number of rotatable bonds is 3. The fraction of sp³-hybridized carbons (Fsp3) is 0.333. The van der Waals surface area contributed by atoms with Gasteiger partial charge in [0.15, 0.2) is 5.82 Å². The van der Waals surface area contributed by atoms with Gasteiger partial charge in [-0.25, -0.2) is 4.98 Å². The van der Waals surface area contributed by atoms with Crippen molar-refractivity contribution in [1.29, 1.82) is 0 Å². The minimum atomic E-state index is 0.401. The number of hydrogen-bond acceptors (Lipinski definition) is 5. The van der Waals surface area contributed by atoms with E-state index in [0.717, 1.165) is 18.5 Å². The molecule has 0 aliphatic heterocycles. The van der Waals surface area contributed by atoms with Crippen LogP contribution < -0.4 is 5.73 Å². The zero-order valence-electron chi connectivity index (χ0n) is 8.05. The lowest BCUT2D eigenvalue weighted by atomic mass is 10.3. The number of nitrogens with zero attached hydrogens (tertiary/aromatic N) is 4. The molecule has 15 heavy (non-hydrogen) atoms. The topological polar surface area (TPSA) is 82.8 Å². The Bertz CT molecular complexity index is 470. The van der Waals surface area contributed by atoms with Crippen molar-refractivity contribution in [3.8, 4) is 0 Å². The van der Waals surface area contributed by atoms with Crippen LogP contribution in [0.3, 0.4) is 0 Å². The first-order valence-electron chi connectivity index (χ1n) is 4.76. The smallest absolute Gasteiger partial charge is 0.217 e. The van der Waals surface area contributed by atoms with E-state index in [1.54, 1.807) is 6.26 Å². The molecule has 0 amide bonds. The molecular formula is C9H10N5O. The molecule has 2 aromatic rings. The molecule has 0 atom stereocenters. The second kappa shape index (κ2) is 3.08. The molecular weight excluding hydrogens is 194 g/mol. The van der Waals surface area contributed by atoms with E-state index in [2.05, 4.69) is 15.2 Å². The molecule has 0 bridgehead atoms. The zero-order chi connectivity index (χ0) is 10.3. The van der Waals surface area contributed by atoms with Crippen LogP contribution in [-0.2, 0) is 6.54 Å². The normalized spacial score (nSPS) is 15.7. The summed E-state index contributed by atoms with van der Waals surface area (Å²) < 4.78 is 5.31. The first kappa shape index (κ1) is 8.46. The fourth-order valence-electron chi connectivity index (χ4n) is 1.37. The summed E-state index contributed by atoms with van der Waals surface area (Å²) in [5, 5.41) is 7.91. The van der Waals surface area contributed by atoms with Crippen molar-refractivity contribution in [2.45, 2.75) is 19.4 Å². The summed E-state index contributed by atoms with van der Waals surface area (Å²) in [7, 11) is 0. The molecule has 0 saturated heterocycles. The molecule has 1 aliphatic carbocycles. The van der Waals surface area contributed by atoms with Gasteiger partial charge in [-0.05, 0) is 12.8 Å². The van der Waals surface area contributed by atoms with Crippen LogP contribution in [0.1, 0.15) is 24.4 Å². The second-order valence-corrected chi connectivity index (χ2v) is 3.53. The molecule has 0 spiro atoms. The highest BCUT2D eigenvalue weighted by Crippen LogP contribution is 2.38. The van der Waals surface area contributed by atoms with Crippen molar-refractivity contribution in [3.63, 3.8) is 0 Å². The molecule has 1 saturated carbocycles. The van der Waals surface area contributed by atoms with Crippen molar-refractivity contribution in [3.05, 3.63) is 30.0 Å². The predicted octanol–water partition coefficient (Wildman–Crippen LogP) is 0.613. The number of hydrogen-bond donors (Lipinski definition) is 1. The Balaban J connectivity index is 1.75. The average molecular weight is 204 g/mol. The van der Waals surface area contributed by atoms with Gasteiger partial charge >= 0.3 is 0 Å². The zero-order valence-corrected chi connectivity index (χ0v) is 8.05. The van der Waals surface area contributed by atoms with E-state index in [4.69, 9.17) is 10.2 Å². The van der Waals surface area contributed by atoms with Gasteiger partial charge in [0.05, 0.1) is 11.9 Å². The lowest BCUT2D eigenvalue weighted by molar-refractivity contribution is 0.444. The van der Waals surface area contributed by atoms with E-state index < -0.39 is 0 Å². The van der Waals surface area contributed by atoms with Gasteiger partial charge in [0, 0.05) is 5.92 Å². The van der Waals surface area contributed by atoms with Crippen LogP contribution >= 0.6 is 0 Å². The Labute approximate surface area is 86.1 Å². The molecule has 1 radical (unpaired) electrons. The SMILES string of the molecule is Nc1cnn(Cc2nc([C]3CC3)co2)n1. The second-order valence-electron chi connectivity index (χ2n) is 3.53. The molecule has 3 rings (SSSR count). The van der Waals surface area contributed by atoms with Gasteiger partial charge in [0.2, 0.25) is 5.89 Å². The first-order chi connectivity index (χ1) is 7.31. The lowest BCUT2D eigenvalue weighted by Gasteiger charge is -1.92. The van der Waals surface area contributed by atoms with E-state index >= 15 is 0 Å². The van der Waals surface area contributed by atoms with E-state index in [9.17, 15) is 0 Å². The van der Waals surface area contributed by atoms with Crippen LogP contribution in [0.25, 0.3) is 0 Å². The summed E-state index contributed by atoms with van der Waals surface area (Å²) in [6, 6.07) is 0. The number of nitrogens with two attached hydrogens (primary N) is 1. The highest BCUT2D eigenvalue weighted by molar-refractivity contribution is 5.29.